The second-order valence-corrected chi connectivity index (χ2v) is 5.49. The molecule has 0 atom stereocenters. The van der Waals surface area contributed by atoms with Gasteiger partial charge in [0.25, 0.3) is 0 Å². The number of methoxy groups -OCH3 is 1. The first-order chi connectivity index (χ1) is 12.2. The van der Waals surface area contributed by atoms with Gasteiger partial charge in [-0.25, -0.2) is 9.97 Å². The van der Waals surface area contributed by atoms with Crippen molar-refractivity contribution in [2.24, 2.45) is 7.05 Å². The standard InChI is InChI=1S/C18H16N6O/c1-24-16(12-7-9-19-10-8-12)22-15-11-20-18(23-17(15)24)21-13-3-5-14(25-2)6-4-13/h3-11H,1-2H3,(H,20,21,23). The summed E-state index contributed by atoms with van der Waals surface area (Å²) in [6.07, 6.45) is 5.22. The zero-order valence-corrected chi connectivity index (χ0v) is 13.8. The average Bonchev–Trinajstić information content (AvgIpc) is 2.99. The van der Waals surface area contributed by atoms with Gasteiger partial charge in [0.15, 0.2) is 5.65 Å². The maximum absolute atomic E-state index is 5.16. The largest absolute Gasteiger partial charge is 0.497 e. The lowest BCUT2D eigenvalue weighted by atomic mass is 10.2. The summed E-state index contributed by atoms with van der Waals surface area (Å²) in [5.41, 5.74) is 3.38. The van der Waals surface area contributed by atoms with Crippen molar-refractivity contribution in [3.63, 3.8) is 0 Å². The van der Waals surface area contributed by atoms with Crippen LogP contribution >= 0.6 is 0 Å². The summed E-state index contributed by atoms with van der Waals surface area (Å²) in [6.45, 7) is 0. The Morgan fingerprint density at radius 3 is 2.48 bits per heavy atom. The molecule has 0 aliphatic rings. The third kappa shape index (κ3) is 2.87. The third-order valence-electron chi connectivity index (χ3n) is 3.90. The molecule has 0 aliphatic carbocycles. The Bertz CT molecular complexity index is 1010. The van der Waals surface area contributed by atoms with Crippen LogP contribution in [0.15, 0.2) is 55.0 Å². The summed E-state index contributed by atoms with van der Waals surface area (Å²) in [6, 6.07) is 11.4. The number of aromatic nitrogens is 5. The summed E-state index contributed by atoms with van der Waals surface area (Å²) in [4.78, 5) is 17.6. The quantitative estimate of drug-likeness (QED) is 0.618. The van der Waals surface area contributed by atoms with E-state index in [0.29, 0.717) is 5.95 Å². The van der Waals surface area contributed by atoms with Crippen LogP contribution in [0, 0.1) is 0 Å². The van der Waals surface area contributed by atoms with Gasteiger partial charge in [-0.05, 0) is 36.4 Å². The number of nitrogens with one attached hydrogen (secondary N) is 1. The van der Waals surface area contributed by atoms with Crippen molar-refractivity contribution in [3.05, 3.63) is 55.0 Å². The molecular weight excluding hydrogens is 316 g/mol. The van der Waals surface area contributed by atoms with Crippen molar-refractivity contribution in [2.75, 3.05) is 12.4 Å². The average molecular weight is 332 g/mol. The molecule has 124 valence electrons. The van der Waals surface area contributed by atoms with E-state index in [1.807, 2.05) is 48.0 Å². The monoisotopic (exact) mass is 332 g/mol. The zero-order chi connectivity index (χ0) is 17.2. The molecular formula is C18H16N6O. The van der Waals surface area contributed by atoms with Gasteiger partial charge in [0.05, 0.1) is 13.3 Å². The van der Waals surface area contributed by atoms with Crippen LogP contribution in [0.1, 0.15) is 0 Å². The number of hydrogen-bond acceptors (Lipinski definition) is 6. The third-order valence-corrected chi connectivity index (χ3v) is 3.90. The highest BCUT2D eigenvalue weighted by molar-refractivity contribution is 5.77. The Balaban J connectivity index is 1.69. The Hall–Kier alpha value is -3.48. The van der Waals surface area contributed by atoms with E-state index in [1.165, 1.54) is 0 Å². The van der Waals surface area contributed by atoms with Crippen LogP contribution in [0.3, 0.4) is 0 Å². The zero-order valence-electron chi connectivity index (χ0n) is 13.8. The maximum Gasteiger partial charge on any atom is 0.229 e. The van der Waals surface area contributed by atoms with Gasteiger partial charge in [-0.1, -0.05) is 0 Å². The van der Waals surface area contributed by atoms with Gasteiger partial charge in [0, 0.05) is 30.7 Å². The molecule has 0 amide bonds. The van der Waals surface area contributed by atoms with Crippen LogP contribution < -0.4 is 10.1 Å². The predicted molar refractivity (Wildman–Crippen MR) is 95.8 cm³/mol. The number of fused-ring (bicyclic) bond motifs is 1. The molecule has 4 aromatic rings. The Morgan fingerprint density at radius 1 is 1.00 bits per heavy atom. The molecule has 25 heavy (non-hydrogen) atoms. The van der Waals surface area contributed by atoms with Crippen molar-refractivity contribution < 1.29 is 4.74 Å². The lowest BCUT2D eigenvalue weighted by Crippen LogP contribution is -1.99. The topological polar surface area (TPSA) is 77.8 Å². The molecule has 3 aromatic heterocycles. The molecule has 0 saturated carbocycles. The van der Waals surface area contributed by atoms with Crippen molar-refractivity contribution in [3.8, 4) is 17.1 Å². The van der Waals surface area contributed by atoms with E-state index in [4.69, 9.17) is 4.74 Å². The first-order valence-corrected chi connectivity index (χ1v) is 7.75. The van der Waals surface area contributed by atoms with Gasteiger partial charge in [0.2, 0.25) is 5.95 Å². The fourth-order valence-electron chi connectivity index (χ4n) is 2.60. The summed E-state index contributed by atoms with van der Waals surface area (Å²) in [5, 5.41) is 3.19. The van der Waals surface area contributed by atoms with Crippen molar-refractivity contribution in [1.29, 1.82) is 0 Å². The van der Waals surface area contributed by atoms with Crippen molar-refractivity contribution >= 4 is 22.8 Å². The van der Waals surface area contributed by atoms with Crippen LogP contribution in [0.2, 0.25) is 0 Å². The van der Waals surface area contributed by atoms with E-state index in [-0.39, 0.29) is 0 Å². The minimum atomic E-state index is 0.516. The minimum absolute atomic E-state index is 0.516. The number of imidazole rings is 1. The second-order valence-electron chi connectivity index (χ2n) is 5.49. The van der Waals surface area contributed by atoms with Crippen LogP contribution in [-0.2, 0) is 7.05 Å². The molecule has 0 unspecified atom stereocenters. The molecule has 3 heterocycles. The van der Waals surface area contributed by atoms with Crippen LogP contribution in [-0.4, -0.2) is 31.6 Å². The highest BCUT2D eigenvalue weighted by Crippen LogP contribution is 2.23. The number of rotatable bonds is 4. The molecule has 0 bridgehead atoms. The van der Waals surface area contributed by atoms with Crippen LogP contribution in [0.25, 0.3) is 22.6 Å². The number of hydrogen-bond donors (Lipinski definition) is 1. The molecule has 0 fully saturated rings. The second kappa shape index (κ2) is 6.20. The molecule has 0 radical (unpaired) electrons. The van der Waals surface area contributed by atoms with E-state index in [2.05, 4.69) is 25.3 Å². The molecule has 1 aromatic carbocycles. The summed E-state index contributed by atoms with van der Waals surface area (Å²) in [7, 11) is 3.58. The molecule has 0 saturated heterocycles. The smallest absolute Gasteiger partial charge is 0.229 e. The first kappa shape index (κ1) is 15.1. The van der Waals surface area contributed by atoms with Crippen LogP contribution in [0.5, 0.6) is 5.75 Å². The molecule has 0 spiro atoms. The number of ether oxygens (including phenoxy) is 1. The van der Waals surface area contributed by atoms with Crippen LogP contribution in [0.4, 0.5) is 11.6 Å². The number of anilines is 2. The summed E-state index contributed by atoms with van der Waals surface area (Å²) >= 11 is 0. The normalized spacial score (nSPS) is 10.8. The fourth-order valence-corrected chi connectivity index (χ4v) is 2.60. The van der Waals surface area contributed by atoms with Gasteiger partial charge in [-0.15, -0.1) is 0 Å². The van der Waals surface area contributed by atoms with Crippen molar-refractivity contribution in [1.82, 2.24) is 24.5 Å². The van der Waals surface area contributed by atoms with E-state index in [1.54, 1.807) is 25.7 Å². The lowest BCUT2D eigenvalue weighted by molar-refractivity contribution is 0.415. The van der Waals surface area contributed by atoms with Gasteiger partial charge in [-0.2, -0.15) is 4.98 Å². The Labute approximate surface area is 144 Å². The fraction of sp³-hybridized carbons (Fsp3) is 0.111. The van der Waals surface area contributed by atoms with Crippen molar-refractivity contribution in [2.45, 2.75) is 0 Å². The lowest BCUT2D eigenvalue weighted by Gasteiger charge is -2.06. The number of pyridine rings is 1. The number of benzene rings is 1. The van der Waals surface area contributed by atoms with E-state index < -0.39 is 0 Å². The Morgan fingerprint density at radius 2 is 1.76 bits per heavy atom. The molecule has 7 nitrogen and oxygen atoms in total. The molecule has 0 aliphatic heterocycles. The highest BCUT2D eigenvalue weighted by atomic mass is 16.5. The molecule has 4 rings (SSSR count). The predicted octanol–water partition coefficient (Wildman–Crippen LogP) is 3.18. The minimum Gasteiger partial charge on any atom is -0.497 e. The molecule has 1 N–H and O–H groups in total. The van der Waals surface area contributed by atoms with E-state index >= 15 is 0 Å². The first-order valence-electron chi connectivity index (χ1n) is 7.75. The van der Waals surface area contributed by atoms with Gasteiger partial charge >= 0.3 is 0 Å². The van der Waals surface area contributed by atoms with E-state index in [0.717, 1.165) is 34.0 Å². The maximum atomic E-state index is 5.16. The summed E-state index contributed by atoms with van der Waals surface area (Å²) < 4.78 is 7.11. The number of nitrogens with zero attached hydrogens (tertiary/aromatic N) is 5. The van der Waals surface area contributed by atoms with E-state index in [9.17, 15) is 0 Å². The van der Waals surface area contributed by atoms with Gasteiger partial charge in [-0.3, -0.25) is 4.98 Å². The SMILES string of the molecule is COc1ccc(Nc2ncc3nc(-c4ccncc4)n(C)c3n2)cc1. The number of aryl methyl sites for hydroxylation is 1. The highest BCUT2D eigenvalue weighted by Gasteiger charge is 2.12. The Kier molecular flexibility index (Phi) is 3.74. The van der Waals surface area contributed by atoms with Gasteiger partial charge in [0.1, 0.15) is 17.1 Å². The van der Waals surface area contributed by atoms with Gasteiger partial charge < -0.3 is 14.6 Å². The molecule has 7 heteroatoms. The summed E-state index contributed by atoms with van der Waals surface area (Å²) in [5.74, 6) is 2.14.